The maximum absolute atomic E-state index is 12.5. The molecule has 3 rings (SSSR count). The van der Waals surface area contributed by atoms with Gasteiger partial charge in [-0.2, -0.15) is 5.10 Å². The van der Waals surface area contributed by atoms with Crippen LogP contribution in [0.5, 0.6) is 5.75 Å². The Labute approximate surface area is 200 Å². The second-order valence-corrected chi connectivity index (χ2v) is 9.40. The Morgan fingerprint density at radius 1 is 1.03 bits per heavy atom. The lowest BCUT2D eigenvalue weighted by atomic mass is 9.87. The lowest BCUT2D eigenvalue weighted by Crippen LogP contribution is -2.18. The van der Waals surface area contributed by atoms with Gasteiger partial charge < -0.3 is 4.74 Å². The minimum atomic E-state index is -0.587. The Balaban J connectivity index is 1.73. The molecule has 0 bridgehead atoms. The molecule has 5 nitrogen and oxygen atoms in total. The number of amides is 1. The highest BCUT2D eigenvalue weighted by Gasteiger charge is 2.15. The normalized spacial score (nSPS) is 11.4. The van der Waals surface area contributed by atoms with Crippen LogP contribution >= 0.6 is 27.5 Å². The number of carbonyl (C=O) groups is 2. The van der Waals surface area contributed by atoms with Crippen molar-refractivity contribution >= 4 is 45.6 Å². The number of ether oxygens (including phenoxy) is 1. The Morgan fingerprint density at radius 2 is 1.72 bits per heavy atom. The molecule has 164 valence electrons. The van der Waals surface area contributed by atoms with Gasteiger partial charge in [0.1, 0.15) is 5.75 Å². The van der Waals surface area contributed by atoms with Crippen LogP contribution in [0.3, 0.4) is 0 Å². The molecule has 0 saturated carbocycles. The van der Waals surface area contributed by atoms with Gasteiger partial charge in [-0.15, -0.1) is 0 Å². The van der Waals surface area contributed by atoms with Crippen molar-refractivity contribution in [2.45, 2.75) is 26.2 Å². The molecule has 0 radical (unpaired) electrons. The highest BCUT2D eigenvalue weighted by Crippen LogP contribution is 2.25. The van der Waals surface area contributed by atoms with E-state index in [-0.39, 0.29) is 22.6 Å². The third-order valence-corrected chi connectivity index (χ3v) is 5.47. The van der Waals surface area contributed by atoms with Gasteiger partial charge in [-0.25, -0.2) is 10.2 Å². The molecule has 0 heterocycles. The van der Waals surface area contributed by atoms with Gasteiger partial charge in [0.15, 0.2) is 0 Å². The second-order valence-electron chi connectivity index (χ2n) is 8.08. The summed E-state index contributed by atoms with van der Waals surface area (Å²) in [6.45, 7) is 6.33. The molecule has 0 saturated heterocycles. The summed E-state index contributed by atoms with van der Waals surface area (Å²) >= 11 is 9.47. The van der Waals surface area contributed by atoms with Gasteiger partial charge in [0.25, 0.3) is 5.91 Å². The maximum Gasteiger partial charge on any atom is 0.345 e. The lowest BCUT2D eigenvalue weighted by Gasteiger charge is -2.18. The Hall–Kier alpha value is -2.96. The summed E-state index contributed by atoms with van der Waals surface area (Å²) in [4.78, 5) is 24.9. The van der Waals surface area contributed by atoms with Crippen molar-refractivity contribution in [2.75, 3.05) is 0 Å². The van der Waals surface area contributed by atoms with E-state index in [1.54, 1.807) is 54.6 Å². The topological polar surface area (TPSA) is 67.8 Å². The summed E-state index contributed by atoms with van der Waals surface area (Å²) in [6, 6.07) is 19.1. The summed E-state index contributed by atoms with van der Waals surface area (Å²) in [5, 5.41) is 4.33. The zero-order valence-corrected chi connectivity index (χ0v) is 20.2. The Bertz CT molecular complexity index is 1170. The minimum absolute atomic E-state index is 0.00562. The Morgan fingerprint density at radius 3 is 2.38 bits per heavy atom. The summed E-state index contributed by atoms with van der Waals surface area (Å²) in [5.41, 5.74) is 4.90. The van der Waals surface area contributed by atoms with Crippen molar-refractivity contribution in [2.24, 2.45) is 5.10 Å². The Kier molecular flexibility index (Phi) is 7.48. The highest BCUT2D eigenvalue weighted by atomic mass is 79.9. The van der Waals surface area contributed by atoms with Crippen molar-refractivity contribution in [3.05, 3.63) is 98.5 Å². The first-order valence-corrected chi connectivity index (χ1v) is 11.0. The van der Waals surface area contributed by atoms with Crippen molar-refractivity contribution in [1.82, 2.24) is 5.43 Å². The second kappa shape index (κ2) is 10.1. The molecule has 0 fully saturated rings. The number of esters is 1. The average molecular weight is 514 g/mol. The van der Waals surface area contributed by atoms with E-state index >= 15 is 0 Å². The number of nitrogens with zero attached hydrogens (tertiary/aromatic N) is 1. The first kappa shape index (κ1) is 23.7. The predicted octanol–water partition coefficient (Wildman–Crippen LogP) is 6.38. The fourth-order valence-corrected chi connectivity index (χ4v) is 3.43. The van der Waals surface area contributed by atoms with Crippen LogP contribution in [0.1, 0.15) is 52.6 Å². The molecular weight excluding hydrogens is 492 g/mol. The van der Waals surface area contributed by atoms with Gasteiger partial charge in [-0.05, 0) is 53.4 Å². The van der Waals surface area contributed by atoms with Crippen molar-refractivity contribution in [3.63, 3.8) is 0 Å². The minimum Gasteiger partial charge on any atom is -0.422 e. The molecule has 0 aliphatic rings. The van der Waals surface area contributed by atoms with Crippen LogP contribution in [0, 0.1) is 0 Å². The van der Waals surface area contributed by atoms with Crippen LogP contribution < -0.4 is 10.2 Å². The fraction of sp³-hybridized carbons (Fsp3) is 0.160. The predicted molar refractivity (Wildman–Crippen MR) is 131 cm³/mol. The van der Waals surface area contributed by atoms with Crippen LogP contribution in [0.15, 0.2) is 76.3 Å². The molecular formula is C25H22BrClN2O3. The number of hydrogen-bond acceptors (Lipinski definition) is 4. The standard InChI is InChI=1S/C25H22BrClN2O3/c1-25(2,3)18-10-8-16(9-11-18)23(30)29-28-15-17-14-19(26)12-13-22(17)32-24(31)20-6-4-5-7-21(20)27/h4-15H,1-3H3,(H,29,30)/b28-15-. The molecule has 0 aliphatic carbocycles. The molecule has 0 aromatic heterocycles. The van der Waals surface area contributed by atoms with Gasteiger partial charge in [-0.1, -0.05) is 72.6 Å². The van der Waals surface area contributed by atoms with E-state index < -0.39 is 5.97 Å². The monoisotopic (exact) mass is 512 g/mol. The van der Waals surface area contributed by atoms with Crippen LogP contribution in [-0.4, -0.2) is 18.1 Å². The molecule has 32 heavy (non-hydrogen) atoms. The summed E-state index contributed by atoms with van der Waals surface area (Å²) < 4.78 is 6.27. The van der Waals surface area contributed by atoms with Crippen molar-refractivity contribution in [1.29, 1.82) is 0 Å². The lowest BCUT2D eigenvalue weighted by molar-refractivity contribution is 0.0734. The molecule has 1 amide bonds. The van der Waals surface area contributed by atoms with E-state index in [9.17, 15) is 9.59 Å². The molecule has 0 spiro atoms. The van der Waals surface area contributed by atoms with Gasteiger partial charge >= 0.3 is 5.97 Å². The van der Waals surface area contributed by atoms with Gasteiger partial charge in [0, 0.05) is 15.6 Å². The van der Waals surface area contributed by atoms with E-state index in [4.69, 9.17) is 16.3 Å². The maximum atomic E-state index is 12.5. The van der Waals surface area contributed by atoms with Crippen LogP contribution in [0.4, 0.5) is 0 Å². The number of nitrogens with one attached hydrogen (secondary N) is 1. The molecule has 0 atom stereocenters. The zero-order valence-electron chi connectivity index (χ0n) is 17.9. The number of halogens is 2. The third kappa shape index (κ3) is 6.05. The largest absolute Gasteiger partial charge is 0.422 e. The third-order valence-electron chi connectivity index (χ3n) is 4.65. The van der Waals surface area contributed by atoms with Crippen LogP contribution in [0.25, 0.3) is 0 Å². The fourth-order valence-electron chi connectivity index (χ4n) is 2.84. The molecule has 7 heteroatoms. The van der Waals surface area contributed by atoms with Crippen LogP contribution in [-0.2, 0) is 5.41 Å². The first-order chi connectivity index (χ1) is 15.1. The molecule has 0 unspecified atom stereocenters. The summed E-state index contributed by atoms with van der Waals surface area (Å²) in [7, 11) is 0. The van der Waals surface area contributed by atoms with E-state index in [0.717, 1.165) is 10.0 Å². The van der Waals surface area contributed by atoms with E-state index in [0.29, 0.717) is 16.1 Å². The van der Waals surface area contributed by atoms with Crippen molar-refractivity contribution in [3.8, 4) is 5.75 Å². The average Bonchev–Trinajstić information content (AvgIpc) is 2.75. The molecule has 1 N–H and O–H groups in total. The summed E-state index contributed by atoms with van der Waals surface area (Å²) in [6.07, 6.45) is 1.42. The molecule has 3 aromatic carbocycles. The van der Waals surface area contributed by atoms with E-state index in [1.165, 1.54) is 6.21 Å². The SMILES string of the molecule is CC(C)(C)c1ccc(C(=O)N/N=C\c2cc(Br)ccc2OC(=O)c2ccccc2Cl)cc1. The van der Waals surface area contributed by atoms with E-state index in [1.807, 2.05) is 12.1 Å². The number of hydrogen-bond donors (Lipinski definition) is 1. The van der Waals surface area contributed by atoms with E-state index in [2.05, 4.69) is 47.2 Å². The number of benzene rings is 3. The van der Waals surface area contributed by atoms with Gasteiger partial charge in [0.05, 0.1) is 16.8 Å². The number of hydrazone groups is 1. The number of carbonyl (C=O) groups excluding carboxylic acids is 2. The highest BCUT2D eigenvalue weighted by molar-refractivity contribution is 9.10. The smallest absolute Gasteiger partial charge is 0.345 e. The van der Waals surface area contributed by atoms with Gasteiger partial charge in [0.2, 0.25) is 0 Å². The van der Waals surface area contributed by atoms with Crippen molar-refractivity contribution < 1.29 is 14.3 Å². The molecule has 0 aliphatic heterocycles. The van der Waals surface area contributed by atoms with Crippen LogP contribution in [0.2, 0.25) is 5.02 Å². The zero-order chi connectivity index (χ0) is 23.3. The quantitative estimate of drug-likeness (QED) is 0.186. The molecule has 3 aromatic rings. The van der Waals surface area contributed by atoms with Gasteiger partial charge in [-0.3, -0.25) is 4.79 Å². The first-order valence-electron chi connectivity index (χ1n) is 9.85. The summed E-state index contributed by atoms with van der Waals surface area (Å²) in [5.74, 6) is -0.646. The number of rotatable bonds is 5.